The van der Waals surface area contributed by atoms with Crippen molar-refractivity contribution in [2.75, 3.05) is 0 Å². The molecule has 6 heteroatoms. The van der Waals surface area contributed by atoms with Gasteiger partial charge >= 0.3 is 6.03 Å². The topological polar surface area (TPSA) is 57.7 Å². The van der Waals surface area contributed by atoms with Crippen molar-refractivity contribution in [1.29, 1.82) is 0 Å². The largest absolute Gasteiger partial charge is 0.339 e. The number of rotatable bonds is 7. The first kappa shape index (κ1) is 25.2. The van der Waals surface area contributed by atoms with E-state index in [1.165, 1.54) is 4.90 Å². The molecule has 38 heavy (non-hydrogen) atoms. The molecule has 0 bridgehead atoms. The van der Waals surface area contributed by atoms with Crippen LogP contribution in [0, 0.1) is 6.92 Å². The number of hydrogen-bond acceptors (Lipinski definition) is 3. The van der Waals surface area contributed by atoms with Crippen molar-refractivity contribution in [3.63, 3.8) is 0 Å². The molecule has 1 aliphatic heterocycles. The molecule has 1 aliphatic rings. The summed E-state index contributed by atoms with van der Waals surface area (Å²) in [5, 5.41) is 0. The third-order valence-electron chi connectivity index (χ3n) is 6.46. The Labute approximate surface area is 224 Å². The lowest BCUT2D eigenvalue weighted by molar-refractivity contribution is 0.177. The van der Waals surface area contributed by atoms with Gasteiger partial charge in [0.05, 0.1) is 17.5 Å². The number of sulfonamides is 1. The highest BCUT2D eigenvalue weighted by Gasteiger charge is 2.42. The van der Waals surface area contributed by atoms with Gasteiger partial charge in [-0.1, -0.05) is 115 Å². The Balaban J connectivity index is 1.66. The maximum absolute atomic E-state index is 14.2. The number of aryl methyl sites for hydroxylation is 1. The van der Waals surface area contributed by atoms with Crippen molar-refractivity contribution >= 4 is 22.1 Å². The van der Waals surface area contributed by atoms with E-state index in [0.717, 1.165) is 21.0 Å². The van der Waals surface area contributed by atoms with Crippen molar-refractivity contribution in [2.24, 2.45) is 0 Å². The minimum atomic E-state index is -4.17. The summed E-state index contributed by atoms with van der Waals surface area (Å²) in [6, 6.07) is 33.8. The molecule has 0 spiro atoms. The molecule has 0 fully saturated rings. The second-order valence-electron chi connectivity index (χ2n) is 9.16. The number of carbonyl (C=O) groups is 1. The lowest BCUT2D eigenvalue weighted by atomic mass is 10.0. The predicted octanol–water partition coefficient (Wildman–Crippen LogP) is 6.96. The number of nitrogens with zero attached hydrogens (tertiary/aromatic N) is 2. The first-order chi connectivity index (χ1) is 18.4. The Morgan fingerprint density at radius 3 is 1.95 bits per heavy atom. The summed E-state index contributed by atoms with van der Waals surface area (Å²) in [7, 11) is -4.17. The summed E-state index contributed by atoms with van der Waals surface area (Å²) in [6.45, 7) is 2.12. The third kappa shape index (κ3) is 5.31. The monoisotopic (exact) mass is 520 g/mol. The lowest BCUT2D eigenvalue weighted by Crippen LogP contribution is -2.49. The van der Waals surface area contributed by atoms with Crippen molar-refractivity contribution in [1.82, 2.24) is 9.21 Å². The molecule has 0 aliphatic carbocycles. The minimum Gasteiger partial charge on any atom is -0.289 e. The van der Waals surface area contributed by atoms with E-state index in [4.69, 9.17) is 0 Å². The van der Waals surface area contributed by atoms with Crippen molar-refractivity contribution in [3.8, 4) is 0 Å². The molecule has 0 aromatic heterocycles. The van der Waals surface area contributed by atoms with Gasteiger partial charge in [0, 0.05) is 5.70 Å². The summed E-state index contributed by atoms with van der Waals surface area (Å²) in [4.78, 5) is 15.8. The lowest BCUT2D eigenvalue weighted by Gasteiger charge is -2.39. The van der Waals surface area contributed by atoms with Gasteiger partial charge in [-0.05, 0) is 47.9 Å². The molecule has 1 atom stereocenters. The number of amides is 2. The molecule has 1 heterocycles. The summed E-state index contributed by atoms with van der Waals surface area (Å²) < 4.78 is 29.0. The van der Waals surface area contributed by atoms with E-state index in [2.05, 4.69) is 0 Å². The van der Waals surface area contributed by atoms with Gasteiger partial charge in [0.1, 0.15) is 0 Å². The zero-order chi connectivity index (χ0) is 26.5. The van der Waals surface area contributed by atoms with E-state index >= 15 is 0 Å². The van der Waals surface area contributed by atoms with Crippen molar-refractivity contribution in [3.05, 3.63) is 155 Å². The van der Waals surface area contributed by atoms with Gasteiger partial charge < -0.3 is 0 Å². The fraction of sp³-hybridized carbons (Fsp3) is 0.0938. The molecular weight excluding hydrogens is 492 g/mol. The molecule has 0 saturated heterocycles. The molecular formula is C32H28N2O3S. The summed E-state index contributed by atoms with van der Waals surface area (Å²) in [5.74, 6) is 0. The predicted molar refractivity (Wildman–Crippen MR) is 150 cm³/mol. The van der Waals surface area contributed by atoms with Crippen LogP contribution in [0.4, 0.5) is 4.79 Å². The van der Waals surface area contributed by atoms with Crippen LogP contribution in [0.15, 0.2) is 138 Å². The van der Waals surface area contributed by atoms with Gasteiger partial charge in [-0.2, -0.15) is 0 Å². The second kappa shape index (κ2) is 10.9. The normalized spacial score (nSPS) is 16.1. The zero-order valence-electron chi connectivity index (χ0n) is 21.0. The first-order valence-corrected chi connectivity index (χ1v) is 13.8. The van der Waals surface area contributed by atoms with Crippen molar-refractivity contribution < 1.29 is 13.2 Å². The number of hydrogen-bond donors (Lipinski definition) is 0. The third-order valence-corrected chi connectivity index (χ3v) is 8.23. The minimum absolute atomic E-state index is 0.0775. The standard InChI is InChI=1S/C32H28N2O3S/c1-25-17-21-30(22-18-25)38(36,37)34-31(28-15-9-4-10-16-28)23-29(20-19-26-11-5-2-6-12-26)33(32(34)35)24-27-13-7-3-8-14-27/h2-23,31H,24H2,1H3/b20-19+. The number of allylic oxidation sites excluding steroid dienone is 1. The van der Waals surface area contributed by atoms with Crippen LogP contribution in [-0.2, 0) is 16.6 Å². The maximum atomic E-state index is 14.2. The van der Waals surface area contributed by atoms with Crippen LogP contribution in [-0.4, -0.2) is 23.7 Å². The Hall–Kier alpha value is -4.42. The van der Waals surface area contributed by atoms with E-state index in [0.29, 0.717) is 11.3 Å². The van der Waals surface area contributed by atoms with Crippen LogP contribution in [0.5, 0.6) is 0 Å². The van der Waals surface area contributed by atoms with Crippen LogP contribution >= 0.6 is 0 Å². The van der Waals surface area contributed by atoms with E-state index in [9.17, 15) is 13.2 Å². The fourth-order valence-electron chi connectivity index (χ4n) is 4.44. The van der Waals surface area contributed by atoms with Crippen LogP contribution in [0.1, 0.15) is 28.3 Å². The van der Waals surface area contributed by atoms with Gasteiger partial charge in [-0.25, -0.2) is 17.5 Å². The van der Waals surface area contributed by atoms with E-state index < -0.39 is 22.1 Å². The van der Waals surface area contributed by atoms with E-state index in [1.807, 2.05) is 116 Å². The highest BCUT2D eigenvalue weighted by Crippen LogP contribution is 2.37. The summed E-state index contributed by atoms with van der Waals surface area (Å²) >= 11 is 0. The first-order valence-electron chi connectivity index (χ1n) is 12.4. The van der Waals surface area contributed by atoms with Crippen LogP contribution in [0.2, 0.25) is 0 Å². The second-order valence-corrected chi connectivity index (χ2v) is 11.0. The molecule has 2 amide bonds. The summed E-state index contributed by atoms with van der Waals surface area (Å²) in [5.41, 5.74) is 4.15. The Morgan fingerprint density at radius 1 is 0.737 bits per heavy atom. The quantitative estimate of drug-likeness (QED) is 0.265. The molecule has 0 saturated carbocycles. The van der Waals surface area contributed by atoms with Gasteiger partial charge in [-0.3, -0.25) is 4.90 Å². The zero-order valence-corrected chi connectivity index (χ0v) is 21.8. The molecule has 4 aromatic rings. The average molecular weight is 521 g/mol. The average Bonchev–Trinajstić information content (AvgIpc) is 2.95. The summed E-state index contributed by atoms with van der Waals surface area (Å²) in [6.07, 6.45) is 5.66. The Bertz CT molecular complexity index is 1560. The van der Waals surface area contributed by atoms with E-state index in [1.54, 1.807) is 24.3 Å². The molecule has 5 nitrogen and oxygen atoms in total. The Kier molecular flexibility index (Phi) is 7.24. The highest BCUT2D eigenvalue weighted by atomic mass is 32.2. The van der Waals surface area contributed by atoms with Crippen LogP contribution in [0.3, 0.4) is 0 Å². The van der Waals surface area contributed by atoms with E-state index in [-0.39, 0.29) is 11.4 Å². The molecule has 5 rings (SSSR count). The maximum Gasteiger partial charge on any atom is 0.339 e. The van der Waals surface area contributed by atoms with Gasteiger partial charge in [0.15, 0.2) is 0 Å². The van der Waals surface area contributed by atoms with Gasteiger partial charge in [0.2, 0.25) is 0 Å². The molecule has 1 unspecified atom stereocenters. The number of urea groups is 1. The molecule has 0 N–H and O–H groups in total. The molecule has 190 valence electrons. The van der Waals surface area contributed by atoms with Gasteiger partial charge in [0.25, 0.3) is 10.0 Å². The van der Waals surface area contributed by atoms with Crippen molar-refractivity contribution in [2.45, 2.75) is 24.4 Å². The number of carbonyl (C=O) groups excluding carboxylic acids is 1. The molecule has 4 aromatic carbocycles. The fourth-order valence-corrected chi connectivity index (χ4v) is 5.93. The Morgan fingerprint density at radius 2 is 1.32 bits per heavy atom. The number of benzene rings is 4. The van der Waals surface area contributed by atoms with Gasteiger partial charge in [-0.15, -0.1) is 0 Å². The SMILES string of the molecule is Cc1ccc(S(=O)(=O)N2C(=O)N(Cc3ccccc3)C(/C=C/c3ccccc3)=CC2c2ccccc2)cc1. The van der Waals surface area contributed by atoms with Crippen LogP contribution < -0.4 is 0 Å². The highest BCUT2D eigenvalue weighted by molar-refractivity contribution is 7.89. The smallest absolute Gasteiger partial charge is 0.289 e. The van der Waals surface area contributed by atoms with Crippen LogP contribution in [0.25, 0.3) is 6.08 Å². The molecule has 0 radical (unpaired) electrons.